The molecule has 1 amide bonds. The van der Waals surface area contributed by atoms with Gasteiger partial charge in [-0.1, -0.05) is 0 Å². The van der Waals surface area contributed by atoms with Crippen LogP contribution < -0.4 is 10.6 Å². The van der Waals surface area contributed by atoms with Crippen LogP contribution in [0.1, 0.15) is 39.5 Å². The van der Waals surface area contributed by atoms with E-state index in [1.165, 1.54) is 0 Å². The van der Waals surface area contributed by atoms with Gasteiger partial charge in [0, 0.05) is 19.1 Å². The van der Waals surface area contributed by atoms with Crippen LogP contribution in [-0.4, -0.2) is 50.1 Å². The maximum Gasteiger partial charge on any atom is 0.224 e. The van der Waals surface area contributed by atoms with Crippen molar-refractivity contribution in [2.75, 3.05) is 33.2 Å². The summed E-state index contributed by atoms with van der Waals surface area (Å²) in [6.45, 7) is 8.25. The van der Waals surface area contributed by atoms with Crippen LogP contribution >= 0.6 is 0 Å². The number of carbonyl (C=O) groups is 1. The molecule has 106 valence electrons. The molecule has 2 N–H and O–H groups in total. The van der Waals surface area contributed by atoms with Gasteiger partial charge in [-0.2, -0.15) is 0 Å². The highest BCUT2D eigenvalue weighted by Crippen LogP contribution is 2.09. The Balaban J connectivity index is 2.01. The molecular formula is C14H29N3O. The summed E-state index contributed by atoms with van der Waals surface area (Å²) < 4.78 is 0. The molecule has 0 aliphatic carbocycles. The van der Waals surface area contributed by atoms with E-state index in [-0.39, 0.29) is 11.8 Å². The zero-order valence-electron chi connectivity index (χ0n) is 12.2. The van der Waals surface area contributed by atoms with E-state index in [0.717, 1.165) is 51.9 Å². The number of rotatable bonds is 7. The van der Waals surface area contributed by atoms with E-state index in [4.69, 9.17) is 0 Å². The lowest BCUT2D eigenvalue weighted by Crippen LogP contribution is -2.40. The molecule has 0 radical (unpaired) electrons. The molecule has 0 aromatic carbocycles. The third-order valence-corrected chi connectivity index (χ3v) is 3.79. The SMILES string of the molecule is CC(C)N(C)CCCCNC(=O)C1CCCNC1. The number of hydrogen-bond acceptors (Lipinski definition) is 3. The van der Waals surface area contributed by atoms with E-state index >= 15 is 0 Å². The fourth-order valence-corrected chi connectivity index (χ4v) is 2.18. The van der Waals surface area contributed by atoms with Gasteiger partial charge in [0.25, 0.3) is 0 Å². The predicted octanol–water partition coefficient (Wildman–Crippen LogP) is 1.22. The summed E-state index contributed by atoms with van der Waals surface area (Å²) in [7, 11) is 2.15. The zero-order valence-corrected chi connectivity index (χ0v) is 12.2. The molecule has 18 heavy (non-hydrogen) atoms. The second-order valence-corrected chi connectivity index (χ2v) is 5.62. The summed E-state index contributed by atoms with van der Waals surface area (Å²) >= 11 is 0. The van der Waals surface area contributed by atoms with E-state index in [2.05, 4.69) is 36.4 Å². The van der Waals surface area contributed by atoms with E-state index in [1.807, 2.05) is 0 Å². The lowest BCUT2D eigenvalue weighted by atomic mass is 9.99. The third-order valence-electron chi connectivity index (χ3n) is 3.79. The number of piperidine rings is 1. The van der Waals surface area contributed by atoms with E-state index in [1.54, 1.807) is 0 Å². The number of nitrogens with zero attached hydrogens (tertiary/aromatic N) is 1. The molecule has 1 rings (SSSR count). The van der Waals surface area contributed by atoms with Crippen LogP contribution in [0.15, 0.2) is 0 Å². The first kappa shape index (κ1) is 15.4. The molecule has 0 saturated carbocycles. The topological polar surface area (TPSA) is 44.4 Å². The van der Waals surface area contributed by atoms with Crippen LogP contribution in [0, 0.1) is 5.92 Å². The van der Waals surface area contributed by atoms with Crippen molar-refractivity contribution < 1.29 is 4.79 Å². The summed E-state index contributed by atoms with van der Waals surface area (Å²) in [4.78, 5) is 14.2. The highest BCUT2D eigenvalue weighted by Gasteiger charge is 2.19. The summed E-state index contributed by atoms with van der Waals surface area (Å²) in [5.74, 6) is 0.427. The molecule has 1 heterocycles. The zero-order chi connectivity index (χ0) is 13.4. The third kappa shape index (κ3) is 5.83. The molecule has 0 aromatic heterocycles. The molecule has 1 aliphatic rings. The van der Waals surface area contributed by atoms with Gasteiger partial charge >= 0.3 is 0 Å². The maximum absolute atomic E-state index is 11.8. The van der Waals surface area contributed by atoms with Gasteiger partial charge in [-0.3, -0.25) is 4.79 Å². The van der Waals surface area contributed by atoms with E-state index in [0.29, 0.717) is 6.04 Å². The van der Waals surface area contributed by atoms with E-state index in [9.17, 15) is 4.79 Å². The molecule has 0 spiro atoms. The second-order valence-electron chi connectivity index (χ2n) is 5.62. The molecule has 0 bridgehead atoms. The molecule has 1 aliphatic heterocycles. The van der Waals surface area contributed by atoms with Crippen molar-refractivity contribution in [3.05, 3.63) is 0 Å². The Bertz CT molecular complexity index is 237. The van der Waals surface area contributed by atoms with Gasteiger partial charge < -0.3 is 15.5 Å². The van der Waals surface area contributed by atoms with Gasteiger partial charge in [0.15, 0.2) is 0 Å². The fourth-order valence-electron chi connectivity index (χ4n) is 2.18. The van der Waals surface area contributed by atoms with Crippen LogP contribution in [0.5, 0.6) is 0 Å². The molecular weight excluding hydrogens is 226 g/mol. The van der Waals surface area contributed by atoms with Crippen LogP contribution in [0.3, 0.4) is 0 Å². The Kier molecular flexibility index (Phi) is 7.28. The molecule has 1 saturated heterocycles. The number of hydrogen-bond donors (Lipinski definition) is 2. The number of unbranched alkanes of at least 4 members (excludes halogenated alkanes) is 1. The first-order valence-electron chi connectivity index (χ1n) is 7.30. The normalized spacial score (nSPS) is 20.4. The lowest BCUT2D eigenvalue weighted by Gasteiger charge is -2.22. The average Bonchev–Trinajstić information content (AvgIpc) is 2.38. The van der Waals surface area contributed by atoms with Crippen LogP contribution in [-0.2, 0) is 4.79 Å². The van der Waals surface area contributed by atoms with Gasteiger partial charge in [0.05, 0.1) is 5.92 Å². The number of nitrogens with one attached hydrogen (secondary N) is 2. The van der Waals surface area contributed by atoms with Crippen molar-refractivity contribution in [3.63, 3.8) is 0 Å². The Morgan fingerprint density at radius 1 is 1.44 bits per heavy atom. The number of amides is 1. The first-order valence-corrected chi connectivity index (χ1v) is 7.30. The highest BCUT2D eigenvalue weighted by atomic mass is 16.1. The summed E-state index contributed by atoms with van der Waals surface area (Å²) in [5.41, 5.74) is 0. The molecule has 0 aromatic rings. The van der Waals surface area contributed by atoms with Crippen LogP contribution in [0.4, 0.5) is 0 Å². The maximum atomic E-state index is 11.8. The number of carbonyl (C=O) groups excluding carboxylic acids is 1. The summed E-state index contributed by atoms with van der Waals surface area (Å²) in [6.07, 6.45) is 4.38. The van der Waals surface area contributed by atoms with Gasteiger partial charge in [-0.15, -0.1) is 0 Å². The molecule has 1 unspecified atom stereocenters. The van der Waals surface area contributed by atoms with E-state index < -0.39 is 0 Å². The van der Waals surface area contributed by atoms with Crippen LogP contribution in [0.2, 0.25) is 0 Å². The smallest absolute Gasteiger partial charge is 0.224 e. The van der Waals surface area contributed by atoms with Crippen molar-refractivity contribution in [1.82, 2.24) is 15.5 Å². The van der Waals surface area contributed by atoms with Crippen molar-refractivity contribution in [3.8, 4) is 0 Å². The van der Waals surface area contributed by atoms with Crippen molar-refractivity contribution in [2.45, 2.75) is 45.6 Å². The van der Waals surface area contributed by atoms with Gasteiger partial charge in [-0.05, 0) is 59.7 Å². The minimum Gasteiger partial charge on any atom is -0.356 e. The summed E-state index contributed by atoms with van der Waals surface area (Å²) in [5, 5.41) is 6.34. The average molecular weight is 255 g/mol. The minimum absolute atomic E-state index is 0.192. The Labute approximate surface area is 111 Å². The minimum atomic E-state index is 0.192. The Hall–Kier alpha value is -0.610. The summed E-state index contributed by atoms with van der Waals surface area (Å²) in [6, 6.07) is 0.605. The fraction of sp³-hybridized carbons (Fsp3) is 0.929. The standard InChI is InChI=1S/C14H29N3O/c1-12(2)17(3)10-5-4-9-16-14(18)13-7-6-8-15-11-13/h12-13,15H,4-11H2,1-3H3,(H,16,18). The highest BCUT2D eigenvalue weighted by molar-refractivity contribution is 5.78. The molecule has 1 atom stereocenters. The van der Waals surface area contributed by atoms with Gasteiger partial charge in [0.2, 0.25) is 5.91 Å². The second kappa shape index (κ2) is 8.48. The molecule has 1 fully saturated rings. The molecule has 4 nitrogen and oxygen atoms in total. The Morgan fingerprint density at radius 3 is 2.83 bits per heavy atom. The predicted molar refractivity (Wildman–Crippen MR) is 75.6 cm³/mol. The molecule has 4 heteroatoms. The monoisotopic (exact) mass is 255 g/mol. The van der Waals surface area contributed by atoms with Crippen molar-refractivity contribution >= 4 is 5.91 Å². The van der Waals surface area contributed by atoms with Gasteiger partial charge in [-0.25, -0.2) is 0 Å². The van der Waals surface area contributed by atoms with Crippen LogP contribution in [0.25, 0.3) is 0 Å². The van der Waals surface area contributed by atoms with Crippen molar-refractivity contribution in [2.24, 2.45) is 5.92 Å². The Morgan fingerprint density at radius 2 is 2.22 bits per heavy atom. The van der Waals surface area contributed by atoms with Gasteiger partial charge in [0.1, 0.15) is 0 Å². The lowest BCUT2D eigenvalue weighted by molar-refractivity contribution is -0.125. The first-order chi connectivity index (χ1) is 8.61. The largest absolute Gasteiger partial charge is 0.356 e. The quantitative estimate of drug-likeness (QED) is 0.672. The van der Waals surface area contributed by atoms with Crippen molar-refractivity contribution in [1.29, 1.82) is 0 Å².